The molecule has 0 spiro atoms. The summed E-state index contributed by atoms with van der Waals surface area (Å²) in [5.74, 6) is 0.845. The van der Waals surface area contributed by atoms with Gasteiger partial charge in [-0.1, -0.05) is 67.6 Å². The zero-order chi connectivity index (χ0) is 20.2. The van der Waals surface area contributed by atoms with E-state index < -0.39 is 10.0 Å². The Morgan fingerprint density at radius 3 is 2.26 bits per heavy atom. The first kappa shape index (κ1) is 21.3. The van der Waals surface area contributed by atoms with Crippen LogP contribution in [0.5, 0.6) is 5.75 Å². The minimum absolute atomic E-state index is 0.0539. The van der Waals surface area contributed by atoms with E-state index in [2.05, 4.69) is 54.1 Å². The third-order valence-corrected chi connectivity index (χ3v) is 5.36. The van der Waals surface area contributed by atoms with Crippen molar-refractivity contribution in [1.82, 2.24) is 0 Å². The molecule has 0 atom stereocenters. The summed E-state index contributed by atoms with van der Waals surface area (Å²) >= 11 is 3.58. The van der Waals surface area contributed by atoms with Crippen molar-refractivity contribution in [3.63, 3.8) is 0 Å². The molecule has 0 amide bonds. The fourth-order valence-electron chi connectivity index (χ4n) is 2.58. The van der Waals surface area contributed by atoms with E-state index in [-0.39, 0.29) is 5.41 Å². The highest BCUT2D eigenvalue weighted by molar-refractivity contribution is 9.10. The van der Waals surface area contributed by atoms with Crippen LogP contribution in [0.25, 0.3) is 12.2 Å². The normalized spacial score (nSPS) is 12.2. The summed E-state index contributed by atoms with van der Waals surface area (Å²) in [5, 5.41) is 0.882. The molecule has 0 heterocycles. The molecule has 6 heteroatoms. The summed E-state index contributed by atoms with van der Waals surface area (Å²) in [6.45, 7) is 9.72. The number of sulfonamides is 1. The molecule has 0 aliphatic heterocycles. The van der Waals surface area contributed by atoms with E-state index in [9.17, 15) is 8.42 Å². The maximum absolute atomic E-state index is 11.5. The Morgan fingerprint density at radius 2 is 1.74 bits per heavy atom. The Balaban J connectivity index is 2.33. The minimum atomic E-state index is -3.50. The lowest BCUT2D eigenvalue weighted by Gasteiger charge is -2.24. The van der Waals surface area contributed by atoms with Crippen molar-refractivity contribution in [3.05, 3.63) is 69.5 Å². The van der Waals surface area contributed by atoms with Crippen molar-refractivity contribution in [2.24, 2.45) is 0 Å². The van der Waals surface area contributed by atoms with E-state index >= 15 is 0 Å². The maximum atomic E-state index is 11.5. The predicted molar refractivity (Wildman–Crippen MR) is 118 cm³/mol. The number of benzene rings is 2. The van der Waals surface area contributed by atoms with Crippen LogP contribution in [0.15, 0.2) is 52.9 Å². The van der Waals surface area contributed by atoms with E-state index in [0.29, 0.717) is 5.69 Å². The lowest BCUT2D eigenvalue weighted by atomic mass is 9.85. The quantitative estimate of drug-likeness (QED) is 0.565. The van der Waals surface area contributed by atoms with Gasteiger partial charge in [-0.25, -0.2) is 8.42 Å². The number of halogens is 1. The summed E-state index contributed by atoms with van der Waals surface area (Å²) in [6.07, 6.45) is 3.95. The van der Waals surface area contributed by atoms with Gasteiger partial charge in [0, 0.05) is 26.7 Å². The molecule has 0 radical (unpaired) electrons. The molecule has 0 saturated heterocycles. The Kier molecular flexibility index (Phi) is 6.54. The predicted octanol–water partition coefficient (Wildman–Crippen LogP) is 5.81. The van der Waals surface area contributed by atoms with E-state index in [1.807, 2.05) is 30.4 Å². The van der Waals surface area contributed by atoms with Crippen LogP contribution < -0.4 is 9.46 Å². The second-order valence-electron chi connectivity index (χ2n) is 7.09. The monoisotopic (exact) mass is 449 g/mol. The van der Waals surface area contributed by atoms with Crippen LogP contribution in [0.2, 0.25) is 0 Å². The lowest BCUT2D eigenvalue weighted by molar-refractivity contribution is 0.396. The summed E-state index contributed by atoms with van der Waals surface area (Å²) in [5.41, 5.74) is 3.46. The topological polar surface area (TPSA) is 55.4 Å². The van der Waals surface area contributed by atoms with Crippen molar-refractivity contribution in [2.45, 2.75) is 26.2 Å². The van der Waals surface area contributed by atoms with Crippen molar-refractivity contribution in [1.29, 1.82) is 0 Å². The van der Waals surface area contributed by atoms with Gasteiger partial charge in [0.25, 0.3) is 10.0 Å². The van der Waals surface area contributed by atoms with Gasteiger partial charge in [0.2, 0.25) is 0 Å². The Labute approximate surface area is 170 Å². The van der Waals surface area contributed by atoms with Crippen LogP contribution in [0, 0.1) is 0 Å². The highest BCUT2D eigenvalue weighted by Crippen LogP contribution is 2.37. The van der Waals surface area contributed by atoms with Gasteiger partial charge in [-0.05, 0) is 35.2 Å². The number of nitrogens with one attached hydrogen (secondary N) is 1. The van der Waals surface area contributed by atoms with E-state index in [1.165, 1.54) is 0 Å². The molecule has 144 valence electrons. The van der Waals surface area contributed by atoms with Crippen LogP contribution in [0.3, 0.4) is 0 Å². The van der Waals surface area contributed by atoms with Gasteiger partial charge in [0.15, 0.2) is 0 Å². The average Bonchev–Trinajstić information content (AvgIpc) is 2.59. The van der Waals surface area contributed by atoms with Gasteiger partial charge in [-0.15, -0.1) is 0 Å². The fourth-order valence-corrected chi connectivity index (χ4v) is 3.60. The van der Waals surface area contributed by atoms with E-state index in [4.69, 9.17) is 4.74 Å². The van der Waals surface area contributed by atoms with Gasteiger partial charge in [-0.3, -0.25) is 4.72 Å². The zero-order valence-corrected chi connectivity index (χ0v) is 18.3. The Morgan fingerprint density at radius 1 is 1.11 bits per heavy atom. The largest absolute Gasteiger partial charge is 0.496 e. The number of anilines is 1. The Hall–Kier alpha value is -2.05. The zero-order valence-electron chi connectivity index (χ0n) is 15.9. The second kappa shape index (κ2) is 8.31. The summed E-state index contributed by atoms with van der Waals surface area (Å²) in [4.78, 5) is 0. The maximum Gasteiger partial charge on any atom is 0.254 e. The molecule has 2 rings (SSSR count). The molecule has 1 N–H and O–H groups in total. The first-order chi connectivity index (χ1) is 12.6. The van der Waals surface area contributed by atoms with Crippen LogP contribution in [-0.2, 0) is 15.4 Å². The molecule has 0 fully saturated rings. The van der Waals surface area contributed by atoms with Gasteiger partial charge in [-0.2, -0.15) is 0 Å². The van der Waals surface area contributed by atoms with Gasteiger partial charge in [0.05, 0.1) is 7.11 Å². The smallest absolute Gasteiger partial charge is 0.254 e. The molecule has 27 heavy (non-hydrogen) atoms. The SMILES string of the molecule is C=CS(=O)(=O)Nc1ccc(C=Cc2cc(Br)cc(C(C)(C)C)c2OC)cc1. The molecule has 2 aromatic rings. The van der Waals surface area contributed by atoms with Crippen molar-refractivity contribution in [2.75, 3.05) is 11.8 Å². The second-order valence-corrected chi connectivity index (χ2v) is 9.64. The summed E-state index contributed by atoms with van der Waals surface area (Å²) < 4.78 is 32.1. The summed E-state index contributed by atoms with van der Waals surface area (Å²) in [6, 6.07) is 11.2. The van der Waals surface area contributed by atoms with E-state index in [1.54, 1.807) is 19.2 Å². The molecule has 0 aliphatic carbocycles. The lowest BCUT2D eigenvalue weighted by Crippen LogP contribution is -2.13. The molecule has 0 aliphatic rings. The third-order valence-electron chi connectivity index (χ3n) is 3.94. The van der Waals surface area contributed by atoms with Gasteiger partial charge >= 0.3 is 0 Å². The standard InChI is InChI=1S/C21H24BrNO3S/c1-6-27(24,25)23-18-11-8-15(9-12-18)7-10-16-13-17(22)14-19(20(16)26-5)21(2,3)4/h6-14,23H,1H2,2-5H3. The Bertz CT molecular complexity index is 956. The van der Waals surface area contributed by atoms with Crippen molar-refractivity contribution >= 4 is 43.8 Å². The van der Waals surface area contributed by atoms with Crippen molar-refractivity contribution in [3.8, 4) is 5.75 Å². The molecule has 0 saturated carbocycles. The fraction of sp³-hybridized carbons (Fsp3) is 0.238. The highest BCUT2D eigenvalue weighted by Gasteiger charge is 2.21. The van der Waals surface area contributed by atoms with Crippen LogP contribution in [0.4, 0.5) is 5.69 Å². The van der Waals surface area contributed by atoms with E-state index in [0.717, 1.165) is 32.3 Å². The van der Waals surface area contributed by atoms with Crippen LogP contribution in [0.1, 0.15) is 37.5 Å². The minimum Gasteiger partial charge on any atom is -0.496 e. The molecule has 0 bridgehead atoms. The van der Waals surface area contributed by atoms with Crippen LogP contribution in [-0.4, -0.2) is 15.5 Å². The number of ether oxygens (including phenoxy) is 1. The van der Waals surface area contributed by atoms with Gasteiger partial charge < -0.3 is 4.74 Å². The molecule has 4 nitrogen and oxygen atoms in total. The molecular formula is C21H24BrNO3S. The number of hydrogen-bond donors (Lipinski definition) is 1. The number of hydrogen-bond acceptors (Lipinski definition) is 3. The van der Waals surface area contributed by atoms with Gasteiger partial charge in [0.1, 0.15) is 5.75 Å². The molecule has 2 aromatic carbocycles. The molecule has 0 unspecified atom stereocenters. The average molecular weight is 450 g/mol. The third kappa shape index (κ3) is 5.71. The number of methoxy groups -OCH3 is 1. The molecule has 0 aromatic heterocycles. The summed E-state index contributed by atoms with van der Waals surface area (Å²) in [7, 11) is -1.82. The first-order valence-corrected chi connectivity index (χ1v) is 10.7. The first-order valence-electron chi connectivity index (χ1n) is 8.37. The highest BCUT2D eigenvalue weighted by atomic mass is 79.9. The number of rotatable bonds is 6. The van der Waals surface area contributed by atoms with Crippen LogP contribution >= 0.6 is 15.9 Å². The van der Waals surface area contributed by atoms with Crippen molar-refractivity contribution < 1.29 is 13.2 Å². The molecular weight excluding hydrogens is 426 g/mol.